The number of hydrogen-bond acceptors (Lipinski definition) is 3. The van der Waals surface area contributed by atoms with Gasteiger partial charge in [0.25, 0.3) is 0 Å². The van der Waals surface area contributed by atoms with Crippen molar-refractivity contribution < 1.29 is 0 Å². The van der Waals surface area contributed by atoms with Gasteiger partial charge >= 0.3 is 0 Å². The smallest absolute Gasteiger partial charge is 0.128 e. The third-order valence-electron chi connectivity index (χ3n) is 4.17. The fraction of sp³-hybridized carbons (Fsp3) is 0.706. The van der Waals surface area contributed by atoms with Crippen molar-refractivity contribution in [2.75, 3.05) is 18.5 Å². The summed E-state index contributed by atoms with van der Waals surface area (Å²) in [7, 11) is 2.15. The van der Waals surface area contributed by atoms with E-state index in [0.29, 0.717) is 0 Å². The topological polar surface area (TPSA) is 28.2 Å². The quantitative estimate of drug-likeness (QED) is 0.893. The van der Waals surface area contributed by atoms with Gasteiger partial charge < -0.3 is 10.2 Å². The first-order valence-corrected chi connectivity index (χ1v) is 7.69. The lowest BCUT2D eigenvalue weighted by atomic mass is 10.1. The Labute approximate surface area is 123 Å². The van der Waals surface area contributed by atoms with Crippen molar-refractivity contribution in [3.05, 3.63) is 23.4 Å². The summed E-state index contributed by atoms with van der Waals surface area (Å²) in [6.45, 7) is 13.0. The number of aryl methyl sites for hydroxylation is 1. The largest absolute Gasteiger partial charge is 0.359 e. The molecule has 3 heteroatoms. The molecule has 1 aliphatic carbocycles. The fourth-order valence-corrected chi connectivity index (χ4v) is 2.44. The Bertz CT molecular complexity index is 462. The average Bonchev–Trinajstić information content (AvgIpc) is 3.02. The number of pyridine rings is 1. The molecule has 0 amide bonds. The van der Waals surface area contributed by atoms with Gasteiger partial charge in [0.15, 0.2) is 0 Å². The second-order valence-corrected chi connectivity index (χ2v) is 7.37. The minimum absolute atomic E-state index is 0.143. The summed E-state index contributed by atoms with van der Waals surface area (Å²) >= 11 is 0. The summed E-state index contributed by atoms with van der Waals surface area (Å²) in [5, 5.41) is 3.52. The predicted molar refractivity (Wildman–Crippen MR) is 86.1 cm³/mol. The van der Waals surface area contributed by atoms with Crippen LogP contribution < -0.4 is 10.2 Å². The number of nitrogens with zero attached hydrogens (tertiary/aromatic N) is 2. The summed E-state index contributed by atoms with van der Waals surface area (Å²) in [6.07, 6.45) is 1.37. The van der Waals surface area contributed by atoms with Crippen molar-refractivity contribution in [3.63, 3.8) is 0 Å². The molecule has 0 aliphatic heterocycles. The molecule has 0 spiro atoms. The molecule has 20 heavy (non-hydrogen) atoms. The maximum Gasteiger partial charge on any atom is 0.128 e. The lowest BCUT2D eigenvalue weighted by Gasteiger charge is -2.22. The normalized spacial score (nSPS) is 21.9. The summed E-state index contributed by atoms with van der Waals surface area (Å²) in [5.74, 6) is 2.86. The first-order valence-electron chi connectivity index (χ1n) is 7.69. The molecule has 1 aromatic heterocycles. The highest BCUT2D eigenvalue weighted by molar-refractivity contribution is 5.41. The monoisotopic (exact) mass is 275 g/mol. The van der Waals surface area contributed by atoms with E-state index in [4.69, 9.17) is 4.98 Å². The van der Waals surface area contributed by atoms with Crippen molar-refractivity contribution in [2.24, 2.45) is 11.8 Å². The van der Waals surface area contributed by atoms with Crippen LogP contribution in [0.4, 0.5) is 5.82 Å². The van der Waals surface area contributed by atoms with Gasteiger partial charge in [0.05, 0.1) is 0 Å². The van der Waals surface area contributed by atoms with E-state index in [2.05, 4.69) is 64.0 Å². The maximum atomic E-state index is 4.77. The van der Waals surface area contributed by atoms with Crippen LogP contribution >= 0.6 is 0 Å². The van der Waals surface area contributed by atoms with Crippen LogP contribution in [0, 0.1) is 18.8 Å². The molecule has 0 bridgehead atoms. The minimum Gasteiger partial charge on any atom is -0.359 e. The molecule has 1 saturated carbocycles. The molecule has 1 fully saturated rings. The highest BCUT2D eigenvalue weighted by atomic mass is 15.2. The molecule has 2 rings (SSSR count). The molecule has 1 aromatic rings. The lowest BCUT2D eigenvalue weighted by Crippen LogP contribution is -2.35. The van der Waals surface area contributed by atoms with Gasteiger partial charge in [-0.25, -0.2) is 4.98 Å². The Morgan fingerprint density at radius 1 is 1.35 bits per heavy atom. The van der Waals surface area contributed by atoms with Crippen LogP contribution in [0.15, 0.2) is 12.1 Å². The highest BCUT2D eigenvalue weighted by Gasteiger charge is 2.33. The molecule has 1 aliphatic rings. The van der Waals surface area contributed by atoms with Gasteiger partial charge in [-0.2, -0.15) is 0 Å². The van der Waals surface area contributed by atoms with E-state index in [-0.39, 0.29) is 5.54 Å². The number of hydrogen-bond donors (Lipinski definition) is 1. The van der Waals surface area contributed by atoms with E-state index in [1.165, 1.54) is 12.0 Å². The van der Waals surface area contributed by atoms with Crippen LogP contribution in [0.3, 0.4) is 0 Å². The molecule has 0 aromatic carbocycles. The molecule has 0 radical (unpaired) electrons. The van der Waals surface area contributed by atoms with Crippen LogP contribution in [-0.4, -0.2) is 24.1 Å². The second-order valence-electron chi connectivity index (χ2n) is 7.37. The van der Waals surface area contributed by atoms with Gasteiger partial charge in [0.1, 0.15) is 5.82 Å². The molecule has 2 atom stereocenters. The Morgan fingerprint density at radius 2 is 2.00 bits per heavy atom. The van der Waals surface area contributed by atoms with Gasteiger partial charge in [0.2, 0.25) is 0 Å². The van der Waals surface area contributed by atoms with E-state index in [9.17, 15) is 0 Å². The molecular formula is C17H29N3. The molecule has 112 valence electrons. The van der Waals surface area contributed by atoms with Crippen molar-refractivity contribution in [1.29, 1.82) is 0 Å². The van der Waals surface area contributed by atoms with Crippen molar-refractivity contribution >= 4 is 5.82 Å². The average molecular weight is 275 g/mol. The predicted octanol–water partition coefficient (Wildman–Crippen LogP) is 3.37. The summed E-state index contributed by atoms with van der Waals surface area (Å²) in [4.78, 5) is 7.06. The van der Waals surface area contributed by atoms with E-state index < -0.39 is 0 Å². The summed E-state index contributed by atoms with van der Waals surface area (Å²) in [6, 6.07) is 4.36. The van der Waals surface area contributed by atoms with Crippen molar-refractivity contribution in [1.82, 2.24) is 10.3 Å². The Balaban J connectivity index is 1.97. The lowest BCUT2D eigenvalue weighted by molar-refractivity contribution is 0.423. The Morgan fingerprint density at radius 3 is 2.50 bits per heavy atom. The molecule has 1 heterocycles. The minimum atomic E-state index is 0.143. The Kier molecular flexibility index (Phi) is 4.38. The van der Waals surface area contributed by atoms with Crippen molar-refractivity contribution in [3.8, 4) is 0 Å². The number of nitrogens with one attached hydrogen (secondary N) is 1. The molecule has 2 unspecified atom stereocenters. The van der Waals surface area contributed by atoms with Gasteiger partial charge in [-0.15, -0.1) is 0 Å². The number of anilines is 1. The first-order chi connectivity index (χ1) is 9.26. The van der Waals surface area contributed by atoms with E-state index in [0.717, 1.165) is 36.4 Å². The summed E-state index contributed by atoms with van der Waals surface area (Å²) < 4.78 is 0. The van der Waals surface area contributed by atoms with E-state index >= 15 is 0 Å². The fourth-order valence-electron chi connectivity index (χ4n) is 2.44. The van der Waals surface area contributed by atoms with Crippen LogP contribution in [0.25, 0.3) is 0 Å². The van der Waals surface area contributed by atoms with Gasteiger partial charge in [-0.3, -0.25) is 0 Å². The van der Waals surface area contributed by atoms with Crippen LogP contribution in [0.1, 0.15) is 45.4 Å². The third-order valence-corrected chi connectivity index (χ3v) is 4.17. The second kappa shape index (κ2) is 5.72. The number of rotatable bonds is 5. The summed E-state index contributed by atoms with van der Waals surface area (Å²) in [5.41, 5.74) is 2.57. The maximum absolute atomic E-state index is 4.77. The van der Waals surface area contributed by atoms with Gasteiger partial charge in [-0.05, 0) is 57.6 Å². The number of aromatic nitrogens is 1. The zero-order valence-corrected chi connectivity index (χ0v) is 13.8. The van der Waals surface area contributed by atoms with E-state index in [1.807, 2.05) is 0 Å². The molecule has 1 N–H and O–H groups in total. The van der Waals surface area contributed by atoms with Crippen LogP contribution in [0.2, 0.25) is 0 Å². The standard InChI is InChI=1S/C17H29N3/c1-12-9-15(12)11-20(6)16-8-7-14(13(2)19-16)10-18-17(3,4)5/h7-8,12,15,18H,9-11H2,1-6H3. The SMILES string of the molecule is Cc1nc(N(C)CC2CC2C)ccc1CNC(C)(C)C. The van der Waals surface area contributed by atoms with Crippen molar-refractivity contribution in [2.45, 2.75) is 53.1 Å². The molecular weight excluding hydrogens is 246 g/mol. The van der Waals surface area contributed by atoms with Gasteiger partial charge in [-0.1, -0.05) is 13.0 Å². The highest BCUT2D eigenvalue weighted by Crippen LogP contribution is 2.38. The zero-order chi connectivity index (χ0) is 14.9. The molecule has 3 nitrogen and oxygen atoms in total. The third kappa shape index (κ3) is 4.20. The van der Waals surface area contributed by atoms with Crippen LogP contribution in [-0.2, 0) is 6.54 Å². The first kappa shape index (κ1) is 15.3. The van der Waals surface area contributed by atoms with Gasteiger partial charge in [0, 0.05) is 31.4 Å². The van der Waals surface area contributed by atoms with Crippen LogP contribution in [0.5, 0.6) is 0 Å². The Hall–Kier alpha value is -1.09. The van der Waals surface area contributed by atoms with E-state index in [1.54, 1.807) is 0 Å². The molecule has 0 saturated heterocycles. The zero-order valence-electron chi connectivity index (χ0n) is 13.8.